The van der Waals surface area contributed by atoms with E-state index in [1.807, 2.05) is 25.7 Å². The van der Waals surface area contributed by atoms with E-state index in [-0.39, 0.29) is 11.2 Å². The Balaban J connectivity index is 1.94. The number of carbonyl (C=O) groups is 1. The summed E-state index contributed by atoms with van der Waals surface area (Å²) in [5.41, 5.74) is 0.888. The zero-order valence-electron chi connectivity index (χ0n) is 11.0. The minimum Gasteiger partial charge on any atom is -0.437 e. The number of piperazine rings is 1. The summed E-state index contributed by atoms with van der Waals surface area (Å²) in [7, 11) is 0. The molecule has 0 aromatic carbocycles. The van der Waals surface area contributed by atoms with Crippen LogP contribution in [0.3, 0.4) is 0 Å². The van der Waals surface area contributed by atoms with Crippen molar-refractivity contribution in [1.29, 1.82) is 0 Å². The van der Waals surface area contributed by atoms with Crippen LogP contribution in [0.15, 0.2) is 9.64 Å². The van der Waals surface area contributed by atoms with Gasteiger partial charge in [-0.25, -0.2) is 4.98 Å². The van der Waals surface area contributed by atoms with E-state index in [1.54, 1.807) is 0 Å². The lowest BCUT2D eigenvalue weighted by Gasteiger charge is -2.29. The molecule has 1 aliphatic heterocycles. The summed E-state index contributed by atoms with van der Waals surface area (Å²) in [5.74, 6) is 0.981. The van der Waals surface area contributed by atoms with Gasteiger partial charge in [0, 0.05) is 26.2 Å². The first-order chi connectivity index (χ1) is 8.58. The standard InChI is InChI=1S/C12H19N3O2S/c1-8-9(2)17-12(14-8)18-10(3)11(16)15-6-4-13-5-7-15/h10,13H,4-7H2,1-3H3. The highest BCUT2D eigenvalue weighted by Crippen LogP contribution is 2.25. The molecule has 6 heteroatoms. The van der Waals surface area contributed by atoms with Crippen molar-refractivity contribution in [3.8, 4) is 0 Å². The molecule has 0 aliphatic carbocycles. The Morgan fingerprint density at radius 3 is 2.67 bits per heavy atom. The second-order valence-corrected chi connectivity index (χ2v) is 5.75. The van der Waals surface area contributed by atoms with Gasteiger partial charge in [-0.3, -0.25) is 4.79 Å². The zero-order chi connectivity index (χ0) is 13.1. The predicted octanol–water partition coefficient (Wildman–Crippen LogP) is 1.20. The van der Waals surface area contributed by atoms with Crippen LogP contribution in [-0.2, 0) is 4.79 Å². The molecule has 1 aromatic rings. The van der Waals surface area contributed by atoms with Gasteiger partial charge in [-0.15, -0.1) is 0 Å². The molecule has 1 atom stereocenters. The van der Waals surface area contributed by atoms with Crippen molar-refractivity contribution < 1.29 is 9.21 Å². The van der Waals surface area contributed by atoms with Gasteiger partial charge in [0.1, 0.15) is 5.76 Å². The summed E-state index contributed by atoms with van der Waals surface area (Å²) in [6.07, 6.45) is 0. The average Bonchev–Trinajstić information content (AvgIpc) is 2.68. The lowest BCUT2D eigenvalue weighted by molar-refractivity contribution is -0.130. The number of nitrogens with zero attached hydrogens (tertiary/aromatic N) is 2. The van der Waals surface area contributed by atoms with Crippen LogP contribution in [0.5, 0.6) is 0 Å². The highest BCUT2D eigenvalue weighted by Gasteiger charge is 2.24. The molecule has 1 unspecified atom stereocenters. The van der Waals surface area contributed by atoms with Gasteiger partial charge in [-0.05, 0) is 20.8 Å². The van der Waals surface area contributed by atoms with Crippen molar-refractivity contribution in [2.24, 2.45) is 0 Å². The largest absolute Gasteiger partial charge is 0.437 e. The second kappa shape index (κ2) is 5.75. The van der Waals surface area contributed by atoms with E-state index in [0.29, 0.717) is 5.22 Å². The maximum absolute atomic E-state index is 12.2. The maximum Gasteiger partial charge on any atom is 0.256 e. The number of amides is 1. The Kier molecular flexibility index (Phi) is 4.29. The molecule has 1 aromatic heterocycles. The van der Waals surface area contributed by atoms with Gasteiger partial charge in [-0.1, -0.05) is 11.8 Å². The molecule has 0 saturated carbocycles. The summed E-state index contributed by atoms with van der Waals surface area (Å²) in [6, 6.07) is 0. The molecule has 1 aliphatic rings. The molecule has 0 bridgehead atoms. The molecular weight excluding hydrogens is 250 g/mol. The molecule has 1 saturated heterocycles. The van der Waals surface area contributed by atoms with Crippen LogP contribution in [0.1, 0.15) is 18.4 Å². The fourth-order valence-electron chi connectivity index (χ4n) is 1.84. The Morgan fingerprint density at radius 2 is 2.11 bits per heavy atom. The molecule has 2 heterocycles. The van der Waals surface area contributed by atoms with Gasteiger partial charge >= 0.3 is 0 Å². The van der Waals surface area contributed by atoms with Crippen LogP contribution < -0.4 is 5.32 Å². The Labute approximate surface area is 111 Å². The van der Waals surface area contributed by atoms with Gasteiger partial charge in [-0.2, -0.15) is 0 Å². The summed E-state index contributed by atoms with van der Waals surface area (Å²) < 4.78 is 5.49. The van der Waals surface area contributed by atoms with E-state index in [2.05, 4.69) is 10.3 Å². The van der Waals surface area contributed by atoms with Gasteiger partial charge < -0.3 is 14.6 Å². The van der Waals surface area contributed by atoms with Gasteiger partial charge in [0.2, 0.25) is 5.91 Å². The highest BCUT2D eigenvalue weighted by atomic mass is 32.2. The summed E-state index contributed by atoms with van der Waals surface area (Å²) in [6.45, 7) is 9.02. The molecule has 0 spiro atoms. The van der Waals surface area contributed by atoms with Gasteiger partial charge in [0.25, 0.3) is 5.22 Å². The molecule has 1 N–H and O–H groups in total. The minimum absolute atomic E-state index is 0.152. The van der Waals surface area contributed by atoms with E-state index in [1.165, 1.54) is 11.8 Å². The summed E-state index contributed by atoms with van der Waals surface area (Å²) in [4.78, 5) is 18.4. The number of oxazole rings is 1. The number of hydrogen-bond acceptors (Lipinski definition) is 5. The summed E-state index contributed by atoms with van der Waals surface area (Å²) in [5, 5.41) is 3.67. The third-order valence-corrected chi connectivity index (χ3v) is 3.99. The number of aryl methyl sites for hydroxylation is 2. The quantitative estimate of drug-likeness (QED) is 0.836. The molecular formula is C12H19N3O2S. The van der Waals surface area contributed by atoms with Crippen molar-refractivity contribution >= 4 is 17.7 Å². The van der Waals surface area contributed by atoms with Crippen LogP contribution in [0.2, 0.25) is 0 Å². The van der Waals surface area contributed by atoms with E-state index in [4.69, 9.17) is 4.42 Å². The topological polar surface area (TPSA) is 58.4 Å². The molecule has 18 heavy (non-hydrogen) atoms. The first-order valence-corrected chi connectivity index (χ1v) is 7.06. The van der Waals surface area contributed by atoms with Crippen molar-refractivity contribution in [1.82, 2.24) is 15.2 Å². The Hall–Kier alpha value is -1.01. The predicted molar refractivity (Wildman–Crippen MR) is 70.7 cm³/mol. The molecule has 1 fully saturated rings. The lowest BCUT2D eigenvalue weighted by Crippen LogP contribution is -2.48. The number of aromatic nitrogens is 1. The third kappa shape index (κ3) is 3.05. The molecule has 100 valence electrons. The minimum atomic E-state index is -0.152. The van der Waals surface area contributed by atoms with Crippen molar-refractivity contribution in [3.05, 3.63) is 11.5 Å². The average molecular weight is 269 g/mol. The van der Waals surface area contributed by atoms with Gasteiger partial charge in [0.05, 0.1) is 10.9 Å². The van der Waals surface area contributed by atoms with Gasteiger partial charge in [0.15, 0.2) is 0 Å². The second-order valence-electron chi connectivity index (χ2n) is 4.46. The zero-order valence-corrected chi connectivity index (χ0v) is 11.8. The number of thioether (sulfide) groups is 1. The van der Waals surface area contributed by atoms with E-state index in [0.717, 1.165) is 37.6 Å². The number of nitrogens with one attached hydrogen (secondary N) is 1. The fraction of sp³-hybridized carbons (Fsp3) is 0.667. The highest BCUT2D eigenvalue weighted by molar-refractivity contribution is 8.00. The van der Waals surface area contributed by atoms with Crippen LogP contribution >= 0.6 is 11.8 Å². The molecule has 5 nitrogen and oxygen atoms in total. The SMILES string of the molecule is Cc1nc(SC(C)C(=O)N2CCNCC2)oc1C. The first-order valence-electron chi connectivity index (χ1n) is 6.18. The van der Waals surface area contributed by atoms with Crippen LogP contribution in [0, 0.1) is 13.8 Å². The smallest absolute Gasteiger partial charge is 0.256 e. The number of carbonyl (C=O) groups excluding carboxylic acids is 1. The van der Waals surface area contributed by atoms with Crippen molar-refractivity contribution in [2.75, 3.05) is 26.2 Å². The monoisotopic (exact) mass is 269 g/mol. The van der Waals surface area contributed by atoms with Crippen molar-refractivity contribution in [3.63, 3.8) is 0 Å². The Morgan fingerprint density at radius 1 is 1.44 bits per heavy atom. The van der Waals surface area contributed by atoms with Crippen molar-refractivity contribution in [2.45, 2.75) is 31.2 Å². The van der Waals surface area contributed by atoms with E-state index < -0.39 is 0 Å². The molecule has 0 radical (unpaired) electrons. The number of rotatable bonds is 3. The van der Waals surface area contributed by atoms with E-state index in [9.17, 15) is 4.79 Å². The van der Waals surface area contributed by atoms with E-state index >= 15 is 0 Å². The maximum atomic E-state index is 12.2. The van der Waals surface area contributed by atoms with Crippen LogP contribution in [0.4, 0.5) is 0 Å². The van der Waals surface area contributed by atoms with Crippen LogP contribution in [0.25, 0.3) is 0 Å². The number of hydrogen-bond donors (Lipinski definition) is 1. The first kappa shape index (κ1) is 13.4. The normalized spacial score (nSPS) is 17.8. The summed E-state index contributed by atoms with van der Waals surface area (Å²) >= 11 is 1.39. The lowest BCUT2D eigenvalue weighted by atomic mass is 10.3. The van der Waals surface area contributed by atoms with Crippen LogP contribution in [-0.4, -0.2) is 47.2 Å². The molecule has 1 amide bonds. The fourth-order valence-corrected chi connectivity index (χ4v) is 2.75. The Bertz CT molecular complexity index is 407. The third-order valence-electron chi connectivity index (χ3n) is 3.06. The molecule has 2 rings (SSSR count).